The van der Waals surface area contributed by atoms with E-state index in [1.54, 1.807) is 43.5 Å². The summed E-state index contributed by atoms with van der Waals surface area (Å²) in [4.78, 5) is 0.0474. The standard InChI is InChI=1S/C18H18N2O5S/c1-23-15-5-3-4-13(10-15)12-20-26(21,22)18-7-6-14(11-17(18)24-2)16-8-9-19-25-16/h3-11,20H,12H2,1-2H3. The second kappa shape index (κ2) is 7.59. The third-order valence-electron chi connectivity index (χ3n) is 3.78. The van der Waals surface area contributed by atoms with Gasteiger partial charge in [0.15, 0.2) is 5.76 Å². The van der Waals surface area contributed by atoms with E-state index in [2.05, 4.69) is 9.88 Å². The molecule has 0 saturated carbocycles. The molecule has 0 radical (unpaired) electrons. The lowest BCUT2D eigenvalue weighted by molar-refractivity contribution is 0.401. The van der Waals surface area contributed by atoms with Crippen molar-refractivity contribution >= 4 is 10.0 Å². The molecule has 8 heteroatoms. The van der Waals surface area contributed by atoms with Gasteiger partial charge in [0, 0.05) is 18.2 Å². The van der Waals surface area contributed by atoms with E-state index in [1.165, 1.54) is 19.4 Å². The Morgan fingerprint density at radius 2 is 1.92 bits per heavy atom. The Bertz CT molecular complexity index is 985. The molecule has 0 aliphatic heterocycles. The average Bonchev–Trinajstić information content (AvgIpc) is 3.21. The zero-order valence-electron chi connectivity index (χ0n) is 14.3. The van der Waals surface area contributed by atoms with E-state index < -0.39 is 10.0 Å². The van der Waals surface area contributed by atoms with Crippen LogP contribution in [0.25, 0.3) is 11.3 Å². The summed E-state index contributed by atoms with van der Waals surface area (Å²) in [6.45, 7) is 0.131. The minimum absolute atomic E-state index is 0.0474. The Kier molecular flexibility index (Phi) is 5.24. The minimum Gasteiger partial charge on any atom is -0.497 e. The molecule has 0 aliphatic rings. The Balaban J connectivity index is 1.84. The van der Waals surface area contributed by atoms with Gasteiger partial charge < -0.3 is 14.0 Å². The normalized spacial score (nSPS) is 11.3. The van der Waals surface area contributed by atoms with Crippen LogP contribution >= 0.6 is 0 Å². The number of rotatable bonds is 7. The lowest BCUT2D eigenvalue weighted by Crippen LogP contribution is -2.23. The van der Waals surface area contributed by atoms with Crippen molar-refractivity contribution in [2.24, 2.45) is 0 Å². The molecule has 0 aliphatic carbocycles. The molecule has 0 fully saturated rings. The molecule has 0 saturated heterocycles. The molecule has 136 valence electrons. The second-order valence-corrected chi connectivity index (χ2v) is 7.15. The Labute approximate surface area is 151 Å². The molecule has 2 aromatic carbocycles. The van der Waals surface area contributed by atoms with Crippen LogP contribution in [0.4, 0.5) is 0 Å². The van der Waals surface area contributed by atoms with Crippen molar-refractivity contribution in [1.82, 2.24) is 9.88 Å². The molecule has 0 unspecified atom stereocenters. The van der Waals surface area contributed by atoms with E-state index in [9.17, 15) is 8.42 Å². The van der Waals surface area contributed by atoms with E-state index in [0.717, 1.165) is 5.56 Å². The van der Waals surface area contributed by atoms with Gasteiger partial charge in [-0.2, -0.15) is 0 Å². The third-order valence-corrected chi connectivity index (χ3v) is 5.22. The lowest BCUT2D eigenvalue weighted by Gasteiger charge is -2.12. The molecular formula is C18H18N2O5S. The van der Waals surface area contributed by atoms with Gasteiger partial charge in [0.25, 0.3) is 0 Å². The number of ether oxygens (including phenoxy) is 2. The number of aromatic nitrogens is 1. The van der Waals surface area contributed by atoms with Crippen LogP contribution in [0.15, 0.2) is 64.1 Å². The van der Waals surface area contributed by atoms with Crippen molar-refractivity contribution in [2.75, 3.05) is 14.2 Å². The number of nitrogens with one attached hydrogen (secondary N) is 1. The van der Waals surface area contributed by atoms with Crippen molar-refractivity contribution in [3.8, 4) is 22.8 Å². The number of benzene rings is 2. The number of hydrogen-bond acceptors (Lipinski definition) is 6. The van der Waals surface area contributed by atoms with Crippen LogP contribution in [0.5, 0.6) is 11.5 Å². The number of sulfonamides is 1. The van der Waals surface area contributed by atoms with Gasteiger partial charge >= 0.3 is 0 Å². The maximum absolute atomic E-state index is 12.7. The van der Waals surface area contributed by atoms with Crippen LogP contribution in [-0.4, -0.2) is 27.8 Å². The summed E-state index contributed by atoms with van der Waals surface area (Å²) in [6, 6.07) is 13.6. The van der Waals surface area contributed by atoms with Gasteiger partial charge in [0.2, 0.25) is 10.0 Å². The minimum atomic E-state index is -3.77. The number of hydrogen-bond donors (Lipinski definition) is 1. The fraction of sp³-hybridized carbons (Fsp3) is 0.167. The van der Waals surface area contributed by atoms with Crippen LogP contribution in [0.1, 0.15) is 5.56 Å². The highest BCUT2D eigenvalue weighted by molar-refractivity contribution is 7.89. The summed E-state index contributed by atoms with van der Waals surface area (Å²) in [7, 11) is -0.791. The van der Waals surface area contributed by atoms with E-state index >= 15 is 0 Å². The maximum Gasteiger partial charge on any atom is 0.244 e. The number of nitrogens with zero attached hydrogens (tertiary/aromatic N) is 1. The predicted octanol–water partition coefficient (Wildman–Crippen LogP) is 2.84. The molecule has 0 atom stereocenters. The van der Waals surface area contributed by atoms with Crippen molar-refractivity contribution in [3.05, 3.63) is 60.3 Å². The molecule has 3 rings (SSSR count). The quantitative estimate of drug-likeness (QED) is 0.684. The van der Waals surface area contributed by atoms with Crippen molar-refractivity contribution in [2.45, 2.75) is 11.4 Å². The van der Waals surface area contributed by atoms with E-state index in [-0.39, 0.29) is 17.2 Å². The van der Waals surface area contributed by atoms with Crippen molar-refractivity contribution < 1.29 is 22.4 Å². The fourth-order valence-electron chi connectivity index (χ4n) is 2.45. The maximum atomic E-state index is 12.7. The van der Waals surface area contributed by atoms with Crippen LogP contribution in [0.2, 0.25) is 0 Å². The molecule has 0 bridgehead atoms. The summed E-state index contributed by atoms with van der Waals surface area (Å²) in [6.07, 6.45) is 1.52. The smallest absolute Gasteiger partial charge is 0.244 e. The molecule has 7 nitrogen and oxygen atoms in total. The second-order valence-electron chi connectivity index (χ2n) is 5.42. The predicted molar refractivity (Wildman–Crippen MR) is 95.5 cm³/mol. The SMILES string of the molecule is COc1cccc(CNS(=O)(=O)c2ccc(-c3ccno3)cc2OC)c1. The molecule has 0 amide bonds. The van der Waals surface area contributed by atoms with Gasteiger partial charge in [-0.15, -0.1) is 0 Å². The highest BCUT2D eigenvalue weighted by Gasteiger charge is 2.20. The van der Waals surface area contributed by atoms with Crippen molar-refractivity contribution in [1.29, 1.82) is 0 Å². The van der Waals surface area contributed by atoms with Gasteiger partial charge in [-0.05, 0) is 35.9 Å². The molecule has 26 heavy (non-hydrogen) atoms. The summed E-state index contributed by atoms with van der Waals surface area (Å²) < 4.78 is 43.4. The first-order chi connectivity index (χ1) is 12.5. The highest BCUT2D eigenvalue weighted by atomic mass is 32.2. The van der Waals surface area contributed by atoms with E-state index in [0.29, 0.717) is 17.1 Å². The summed E-state index contributed by atoms with van der Waals surface area (Å²) in [5, 5.41) is 3.65. The summed E-state index contributed by atoms with van der Waals surface area (Å²) in [5.74, 6) is 1.41. The summed E-state index contributed by atoms with van der Waals surface area (Å²) >= 11 is 0. The first-order valence-corrected chi connectivity index (χ1v) is 9.23. The first-order valence-electron chi connectivity index (χ1n) is 7.75. The van der Waals surface area contributed by atoms with Crippen LogP contribution in [-0.2, 0) is 16.6 Å². The largest absolute Gasteiger partial charge is 0.497 e. The molecule has 1 heterocycles. The molecule has 0 spiro atoms. The molecule has 3 aromatic rings. The van der Waals surface area contributed by atoms with Gasteiger partial charge in [0.1, 0.15) is 16.4 Å². The van der Waals surface area contributed by atoms with E-state index in [1.807, 2.05) is 6.07 Å². The zero-order valence-corrected chi connectivity index (χ0v) is 15.1. The molecule has 1 aromatic heterocycles. The molecular weight excluding hydrogens is 356 g/mol. The Morgan fingerprint density at radius 1 is 1.08 bits per heavy atom. The van der Waals surface area contributed by atoms with Crippen molar-refractivity contribution in [3.63, 3.8) is 0 Å². The van der Waals surface area contributed by atoms with Crippen LogP contribution < -0.4 is 14.2 Å². The topological polar surface area (TPSA) is 90.7 Å². The monoisotopic (exact) mass is 374 g/mol. The fourth-order valence-corrected chi connectivity index (χ4v) is 3.61. The Morgan fingerprint density at radius 3 is 2.62 bits per heavy atom. The number of methoxy groups -OCH3 is 2. The van der Waals surface area contributed by atoms with Gasteiger partial charge in [-0.3, -0.25) is 0 Å². The molecule has 1 N–H and O–H groups in total. The van der Waals surface area contributed by atoms with Crippen LogP contribution in [0.3, 0.4) is 0 Å². The first kappa shape index (κ1) is 18.0. The van der Waals surface area contributed by atoms with Gasteiger partial charge in [0.05, 0.1) is 20.4 Å². The lowest BCUT2D eigenvalue weighted by atomic mass is 10.1. The third kappa shape index (κ3) is 3.87. The highest BCUT2D eigenvalue weighted by Crippen LogP contribution is 2.30. The zero-order chi connectivity index (χ0) is 18.6. The van der Waals surface area contributed by atoms with E-state index in [4.69, 9.17) is 14.0 Å². The Hall–Kier alpha value is -2.84. The average molecular weight is 374 g/mol. The summed E-state index contributed by atoms with van der Waals surface area (Å²) in [5.41, 5.74) is 1.45. The van der Waals surface area contributed by atoms with Gasteiger partial charge in [-0.1, -0.05) is 17.3 Å². The van der Waals surface area contributed by atoms with Gasteiger partial charge in [-0.25, -0.2) is 13.1 Å². The van der Waals surface area contributed by atoms with Crippen LogP contribution in [0, 0.1) is 0 Å².